The minimum Gasteiger partial charge on any atom is -0.356 e. The Balaban J connectivity index is 2.00. The van der Waals surface area contributed by atoms with Gasteiger partial charge in [0, 0.05) is 18.5 Å². The fourth-order valence-corrected chi connectivity index (χ4v) is 3.24. The summed E-state index contributed by atoms with van der Waals surface area (Å²) in [5.41, 5.74) is 8.20. The molecular weight excluding hydrogens is 258 g/mol. The van der Waals surface area contributed by atoms with Crippen molar-refractivity contribution in [3.05, 3.63) is 35.9 Å². The van der Waals surface area contributed by atoms with E-state index in [2.05, 4.69) is 42.2 Å². The first-order chi connectivity index (χ1) is 10.3. The van der Waals surface area contributed by atoms with Crippen molar-refractivity contribution in [2.24, 2.45) is 11.7 Å². The molecule has 2 N–H and O–H groups in total. The highest BCUT2D eigenvalue weighted by atomic mass is 15.2. The molecule has 1 aliphatic heterocycles. The number of benzene rings is 1. The summed E-state index contributed by atoms with van der Waals surface area (Å²) in [5, 5.41) is 1.22. The van der Waals surface area contributed by atoms with Crippen LogP contribution in [0.5, 0.6) is 0 Å². The molecule has 3 rings (SSSR count). The summed E-state index contributed by atoms with van der Waals surface area (Å²) in [6, 6.07) is 10.6. The van der Waals surface area contributed by atoms with Crippen molar-refractivity contribution in [1.82, 2.24) is 4.98 Å². The van der Waals surface area contributed by atoms with Gasteiger partial charge in [-0.15, -0.1) is 0 Å². The highest BCUT2D eigenvalue weighted by Gasteiger charge is 2.18. The van der Waals surface area contributed by atoms with Crippen LogP contribution in [-0.2, 0) is 6.42 Å². The molecule has 3 nitrogen and oxygen atoms in total. The molecule has 0 spiro atoms. The zero-order valence-corrected chi connectivity index (χ0v) is 12.9. The molecule has 1 aromatic carbocycles. The van der Waals surface area contributed by atoms with Gasteiger partial charge in [0.25, 0.3) is 0 Å². The second-order valence-corrected chi connectivity index (χ2v) is 6.23. The predicted molar refractivity (Wildman–Crippen MR) is 89.7 cm³/mol. The van der Waals surface area contributed by atoms with Crippen molar-refractivity contribution < 1.29 is 0 Å². The monoisotopic (exact) mass is 283 g/mol. The van der Waals surface area contributed by atoms with E-state index in [1.165, 1.54) is 30.2 Å². The lowest BCUT2D eigenvalue weighted by molar-refractivity contribution is 0.521. The summed E-state index contributed by atoms with van der Waals surface area (Å²) >= 11 is 0. The van der Waals surface area contributed by atoms with E-state index in [1.54, 1.807) is 0 Å². The van der Waals surface area contributed by atoms with Crippen molar-refractivity contribution in [3.63, 3.8) is 0 Å². The molecule has 0 amide bonds. The van der Waals surface area contributed by atoms with Crippen molar-refractivity contribution in [2.45, 2.75) is 32.6 Å². The number of nitrogens with zero attached hydrogens (tertiary/aromatic N) is 2. The van der Waals surface area contributed by atoms with Crippen LogP contribution < -0.4 is 10.6 Å². The summed E-state index contributed by atoms with van der Waals surface area (Å²) in [4.78, 5) is 7.43. The second-order valence-electron chi connectivity index (χ2n) is 6.23. The number of pyridine rings is 1. The topological polar surface area (TPSA) is 42.2 Å². The van der Waals surface area contributed by atoms with Crippen LogP contribution in [0.2, 0.25) is 0 Å². The van der Waals surface area contributed by atoms with Crippen LogP contribution in [0.25, 0.3) is 10.9 Å². The molecule has 1 saturated heterocycles. The number of para-hydroxylation sites is 1. The zero-order valence-electron chi connectivity index (χ0n) is 12.9. The number of rotatable bonds is 3. The van der Waals surface area contributed by atoms with Gasteiger partial charge < -0.3 is 10.6 Å². The molecule has 0 aliphatic carbocycles. The summed E-state index contributed by atoms with van der Waals surface area (Å²) in [5.74, 6) is 1.99. The highest BCUT2D eigenvalue weighted by molar-refractivity contribution is 5.81. The van der Waals surface area contributed by atoms with Crippen molar-refractivity contribution in [3.8, 4) is 0 Å². The molecule has 1 unspecified atom stereocenters. The van der Waals surface area contributed by atoms with Crippen LogP contribution in [0.1, 0.15) is 31.7 Å². The van der Waals surface area contributed by atoms with Crippen LogP contribution in [0, 0.1) is 5.92 Å². The van der Waals surface area contributed by atoms with Crippen LogP contribution in [0.4, 0.5) is 5.82 Å². The number of aromatic nitrogens is 1. The fraction of sp³-hybridized carbons (Fsp3) is 0.500. The summed E-state index contributed by atoms with van der Waals surface area (Å²) in [6.45, 7) is 5.27. The molecule has 1 aliphatic rings. The molecule has 21 heavy (non-hydrogen) atoms. The molecule has 2 heterocycles. The van der Waals surface area contributed by atoms with Gasteiger partial charge in [0.2, 0.25) is 0 Å². The molecule has 0 bridgehead atoms. The average molecular weight is 283 g/mol. The predicted octanol–water partition coefficient (Wildman–Crippen LogP) is 3.36. The molecule has 1 aromatic heterocycles. The van der Waals surface area contributed by atoms with Gasteiger partial charge in [-0.3, -0.25) is 0 Å². The van der Waals surface area contributed by atoms with Gasteiger partial charge >= 0.3 is 0 Å². The van der Waals surface area contributed by atoms with Crippen LogP contribution in [0.3, 0.4) is 0 Å². The van der Waals surface area contributed by atoms with E-state index < -0.39 is 0 Å². The Morgan fingerprint density at radius 2 is 2.10 bits per heavy atom. The van der Waals surface area contributed by atoms with Gasteiger partial charge in [-0.05, 0) is 55.8 Å². The Labute approximate surface area is 127 Å². The summed E-state index contributed by atoms with van der Waals surface area (Å²) in [7, 11) is 0. The molecule has 112 valence electrons. The molecule has 2 aromatic rings. The minimum absolute atomic E-state index is 0.678. The zero-order chi connectivity index (χ0) is 14.7. The van der Waals surface area contributed by atoms with E-state index in [4.69, 9.17) is 10.7 Å². The van der Waals surface area contributed by atoms with E-state index in [-0.39, 0.29) is 0 Å². The molecule has 0 radical (unpaired) electrons. The third kappa shape index (κ3) is 3.18. The Bertz CT molecular complexity index is 608. The number of nitrogens with two attached hydrogens (primary N) is 1. The van der Waals surface area contributed by atoms with Crippen molar-refractivity contribution in [2.75, 3.05) is 24.5 Å². The van der Waals surface area contributed by atoms with E-state index in [1.807, 2.05) is 0 Å². The Hall–Kier alpha value is -1.61. The lowest BCUT2D eigenvalue weighted by Gasteiger charge is -2.25. The van der Waals surface area contributed by atoms with E-state index >= 15 is 0 Å². The number of hydrogen-bond acceptors (Lipinski definition) is 3. The van der Waals surface area contributed by atoms with Crippen LogP contribution in [-0.4, -0.2) is 24.6 Å². The lowest BCUT2D eigenvalue weighted by atomic mass is 10.0. The van der Waals surface area contributed by atoms with Crippen molar-refractivity contribution >= 4 is 16.7 Å². The highest BCUT2D eigenvalue weighted by Crippen LogP contribution is 2.27. The molecule has 1 atom stereocenters. The molecule has 1 fully saturated rings. The average Bonchev–Trinajstić information content (AvgIpc) is 2.72. The maximum atomic E-state index is 5.81. The van der Waals surface area contributed by atoms with Gasteiger partial charge in [0.05, 0.1) is 5.52 Å². The number of hydrogen-bond donors (Lipinski definition) is 1. The number of fused-ring (bicyclic) bond motifs is 1. The van der Waals surface area contributed by atoms with E-state index in [0.29, 0.717) is 6.54 Å². The van der Waals surface area contributed by atoms with Crippen molar-refractivity contribution in [1.29, 1.82) is 0 Å². The van der Waals surface area contributed by atoms with Gasteiger partial charge in [-0.1, -0.05) is 25.1 Å². The van der Waals surface area contributed by atoms with Crippen LogP contribution in [0.15, 0.2) is 30.3 Å². The molecular formula is C18H25N3. The summed E-state index contributed by atoms with van der Waals surface area (Å²) in [6.07, 6.45) is 4.75. The van der Waals surface area contributed by atoms with E-state index in [9.17, 15) is 0 Å². The minimum atomic E-state index is 0.678. The number of anilines is 1. The Morgan fingerprint density at radius 3 is 2.95 bits per heavy atom. The summed E-state index contributed by atoms with van der Waals surface area (Å²) < 4.78 is 0. The second kappa shape index (κ2) is 6.44. The van der Waals surface area contributed by atoms with Crippen LogP contribution >= 0.6 is 0 Å². The standard InChI is InChI=1S/C18H25N3/c1-14-5-4-11-21(12-9-14)18-16(8-10-19)13-15-6-2-3-7-17(15)20-18/h2-3,6-7,13-14H,4-5,8-12,19H2,1H3. The first-order valence-electron chi connectivity index (χ1n) is 8.11. The first-order valence-corrected chi connectivity index (χ1v) is 8.11. The first kappa shape index (κ1) is 14.3. The normalized spacial score (nSPS) is 19.7. The quantitative estimate of drug-likeness (QED) is 0.939. The van der Waals surface area contributed by atoms with Gasteiger partial charge in [-0.2, -0.15) is 0 Å². The molecule has 3 heteroatoms. The third-order valence-corrected chi connectivity index (χ3v) is 4.51. The van der Waals surface area contributed by atoms with Gasteiger partial charge in [0.1, 0.15) is 5.82 Å². The maximum Gasteiger partial charge on any atom is 0.132 e. The lowest BCUT2D eigenvalue weighted by Crippen LogP contribution is -2.27. The SMILES string of the molecule is CC1CCCN(c2nc3ccccc3cc2CCN)CC1. The van der Waals surface area contributed by atoms with E-state index in [0.717, 1.165) is 36.8 Å². The third-order valence-electron chi connectivity index (χ3n) is 4.51. The molecule has 0 saturated carbocycles. The largest absolute Gasteiger partial charge is 0.356 e. The van der Waals surface area contributed by atoms with Gasteiger partial charge in [0.15, 0.2) is 0 Å². The maximum absolute atomic E-state index is 5.81. The Morgan fingerprint density at radius 1 is 1.24 bits per heavy atom. The van der Waals surface area contributed by atoms with Gasteiger partial charge in [-0.25, -0.2) is 4.98 Å². The fourth-order valence-electron chi connectivity index (χ4n) is 3.24. The Kier molecular flexibility index (Phi) is 4.39. The smallest absolute Gasteiger partial charge is 0.132 e.